The maximum atomic E-state index is 13.7. The molecular weight excluding hydrogens is 303 g/mol. The van der Waals surface area contributed by atoms with Crippen molar-refractivity contribution in [1.29, 1.82) is 0 Å². The van der Waals surface area contributed by atoms with E-state index in [9.17, 15) is 9.18 Å². The van der Waals surface area contributed by atoms with Gasteiger partial charge >= 0.3 is 5.97 Å². The maximum absolute atomic E-state index is 13.7. The van der Waals surface area contributed by atoms with Gasteiger partial charge in [-0.2, -0.15) is 0 Å². The molecule has 5 heteroatoms. The quantitative estimate of drug-likeness (QED) is 0.362. The summed E-state index contributed by atoms with van der Waals surface area (Å²) in [6, 6.07) is 4.83. The van der Waals surface area contributed by atoms with Crippen molar-refractivity contribution in [2.24, 2.45) is 0 Å². The number of aryl methyl sites for hydroxylation is 1. The molecule has 98 valence electrons. The molecule has 0 atom stereocenters. The molecule has 0 saturated carbocycles. The number of carbonyl (C=O) groups excluding carboxylic acids is 1. The van der Waals surface area contributed by atoms with Gasteiger partial charge in [0, 0.05) is 0 Å². The molecule has 0 heterocycles. The van der Waals surface area contributed by atoms with Crippen molar-refractivity contribution in [3.05, 3.63) is 41.4 Å². The largest absolute Gasteiger partial charge is 0.463 e. The number of hydrogen-bond donors (Lipinski definition) is 0. The standard InChI is InChI=1S/C13H14BrFO3/c1-3-17-12(16)7-10(8-14)18-11-6-4-5-9(2)13(11)15/h4-7H,3,8H2,1-2H3/b10-7-. The number of carbonyl (C=O) groups is 1. The van der Waals surface area contributed by atoms with E-state index in [0.717, 1.165) is 0 Å². The van der Waals surface area contributed by atoms with Crippen LogP contribution in [0.3, 0.4) is 0 Å². The van der Waals surface area contributed by atoms with Gasteiger partial charge < -0.3 is 9.47 Å². The highest BCUT2D eigenvalue weighted by atomic mass is 79.9. The first kappa shape index (κ1) is 14.7. The van der Waals surface area contributed by atoms with Gasteiger partial charge in [-0.15, -0.1) is 0 Å². The Balaban J connectivity index is 2.86. The fourth-order valence-electron chi connectivity index (χ4n) is 1.25. The van der Waals surface area contributed by atoms with E-state index in [1.165, 1.54) is 12.1 Å². The Morgan fingerprint density at radius 2 is 2.22 bits per heavy atom. The summed E-state index contributed by atoms with van der Waals surface area (Å²) < 4.78 is 23.8. The lowest BCUT2D eigenvalue weighted by atomic mass is 10.2. The second kappa shape index (κ2) is 7.16. The van der Waals surface area contributed by atoms with Crippen LogP contribution in [0.2, 0.25) is 0 Å². The third-order valence-electron chi connectivity index (χ3n) is 2.09. The minimum Gasteiger partial charge on any atom is -0.463 e. The van der Waals surface area contributed by atoms with Gasteiger partial charge in [0.1, 0.15) is 5.76 Å². The zero-order valence-corrected chi connectivity index (χ0v) is 11.8. The van der Waals surface area contributed by atoms with Crippen molar-refractivity contribution in [1.82, 2.24) is 0 Å². The van der Waals surface area contributed by atoms with E-state index in [4.69, 9.17) is 9.47 Å². The van der Waals surface area contributed by atoms with Crippen LogP contribution in [0.15, 0.2) is 30.0 Å². The highest BCUT2D eigenvalue weighted by Crippen LogP contribution is 2.22. The van der Waals surface area contributed by atoms with E-state index in [-0.39, 0.29) is 18.1 Å². The molecule has 0 unspecified atom stereocenters. The second-order valence-electron chi connectivity index (χ2n) is 3.49. The molecule has 1 aromatic carbocycles. The van der Waals surface area contributed by atoms with E-state index in [1.807, 2.05) is 0 Å². The lowest BCUT2D eigenvalue weighted by molar-refractivity contribution is -0.137. The van der Waals surface area contributed by atoms with Crippen LogP contribution in [-0.2, 0) is 9.53 Å². The number of ether oxygens (including phenoxy) is 2. The van der Waals surface area contributed by atoms with Gasteiger partial charge in [-0.05, 0) is 25.5 Å². The lowest BCUT2D eigenvalue weighted by Gasteiger charge is -2.09. The van der Waals surface area contributed by atoms with Crippen LogP contribution >= 0.6 is 15.9 Å². The predicted octanol–water partition coefficient (Wildman–Crippen LogP) is 3.35. The number of rotatable bonds is 5. The van der Waals surface area contributed by atoms with Gasteiger partial charge in [-0.25, -0.2) is 9.18 Å². The Morgan fingerprint density at radius 1 is 1.50 bits per heavy atom. The molecular formula is C13H14BrFO3. The number of hydrogen-bond acceptors (Lipinski definition) is 3. The van der Waals surface area contributed by atoms with Gasteiger partial charge in [0.05, 0.1) is 18.0 Å². The first-order valence-electron chi connectivity index (χ1n) is 5.44. The van der Waals surface area contributed by atoms with Gasteiger partial charge in [-0.3, -0.25) is 0 Å². The predicted molar refractivity (Wildman–Crippen MR) is 70.3 cm³/mol. The summed E-state index contributed by atoms with van der Waals surface area (Å²) in [7, 11) is 0. The highest BCUT2D eigenvalue weighted by Gasteiger charge is 2.09. The molecule has 0 aliphatic heterocycles. The number of esters is 1. The summed E-state index contributed by atoms with van der Waals surface area (Å²) in [5.74, 6) is -0.573. The van der Waals surface area contributed by atoms with Crippen LogP contribution < -0.4 is 4.74 Å². The van der Waals surface area contributed by atoms with Crippen LogP contribution in [0.4, 0.5) is 4.39 Å². The van der Waals surface area contributed by atoms with Crippen molar-refractivity contribution in [3.8, 4) is 5.75 Å². The Labute approximate surface area is 114 Å². The summed E-state index contributed by atoms with van der Waals surface area (Å²) in [6.07, 6.45) is 1.19. The summed E-state index contributed by atoms with van der Waals surface area (Å²) in [5.41, 5.74) is 0.484. The molecule has 0 saturated heterocycles. The van der Waals surface area contributed by atoms with Crippen molar-refractivity contribution >= 4 is 21.9 Å². The highest BCUT2D eigenvalue weighted by molar-refractivity contribution is 9.09. The molecule has 0 amide bonds. The average molecular weight is 317 g/mol. The summed E-state index contributed by atoms with van der Waals surface area (Å²) in [4.78, 5) is 11.3. The SMILES string of the molecule is CCOC(=O)/C=C(/CBr)Oc1cccc(C)c1F. The van der Waals surface area contributed by atoms with E-state index in [0.29, 0.717) is 10.9 Å². The van der Waals surface area contributed by atoms with Crippen molar-refractivity contribution in [2.75, 3.05) is 11.9 Å². The monoisotopic (exact) mass is 316 g/mol. The molecule has 18 heavy (non-hydrogen) atoms. The molecule has 0 fully saturated rings. The van der Waals surface area contributed by atoms with Gasteiger partial charge in [0.25, 0.3) is 0 Å². The van der Waals surface area contributed by atoms with Gasteiger partial charge in [-0.1, -0.05) is 28.1 Å². The van der Waals surface area contributed by atoms with Crippen LogP contribution in [0.1, 0.15) is 12.5 Å². The van der Waals surface area contributed by atoms with E-state index in [2.05, 4.69) is 15.9 Å². The summed E-state index contributed by atoms with van der Waals surface area (Å²) >= 11 is 3.17. The molecule has 0 bridgehead atoms. The molecule has 0 N–H and O–H groups in total. The normalized spacial score (nSPS) is 11.2. The molecule has 1 aromatic rings. The third kappa shape index (κ3) is 4.14. The van der Waals surface area contributed by atoms with E-state index < -0.39 is 11.8 Å². The Morgan fingerprint density at radius 3 is 2.83 bits per heavy atom. The maximum Gasteiger partial charge on any atom is 0.334 e. The van der Waals surface area contributed by atoms with E-state index >= 15 is 0 Å². The lowest BCUT2D eigenvalue weighted by Crippen LogP contribution is -2.06. The number of benzene rings is 1. The smallest absolute Gasteiger partial charge is 0.334 e. The number of halogens is 2. The molecule has 3 nitrogen and oxygen atoms in total. The average Bonchev–Trinajstić information content (AvgIpc) is 2.34. The molecule has 0 aromatic heterocycles. The van der Waals surface area contributed by atoms with Crippen molar-refractivity contribution in [3.63, 3.8) is 0 Å². The number of alkyl halides is 1. The summed E-state index contributed by atoms with van der Waals surface area (Å²) in [5, 5.41) is 0.291. The minimum absolute atomic E-state index is 0.0880. The Bertz CT molecular complexity index is 458. The van der Waals surface area contributed by atoms with Crippen molar-refractivity contribution < 1.29 is 18.7 Å². The van der Waals surface area contributed by atoms with E-state index in [1.54, 1.807) is 26.0 Å². The number of allylic oxidation sites excluding steroid dienone is 1. The molecule has 0 radical (unpaired) electrons. The molecule has 0 aliphatic carbocycles. The Kier molecular flexibility index (Phi) is 5.85. The first-order chi connectivity index (χ1) is 8.58. The van der Waals surface area contributed by atoms with Gasteiger partial charge in [0.15, 0.2) is 11.6 Å². The minimum atomic E-state index is -0.514. The van der Waals surface area contributed by atoms with Crippen LogP contribution in [0.25, 0.3) is 0 Å². The molecule has 1 rings (SSSR count). The first-order valence-corrected chi connectivity index (χ1v) is 6.56. The van der Waals surface area contributed by atoms with Crippen LogP contribution in [0.5, 0.6) is 5.75 Å². The van der Waals surface area contributed by atoms with Gasteiger partial charge in [0.2, 0.25) is 0 Å². The molecule has 0 aliphatic rings. The zero-order valence-electron chi connectivity index (χ0n) is 10.2. The van der Waals surface area contributed by atoms with Crippen LogP contribution in [0, 0.1) is 12.7 Å². The zero-order chi connectivity index (χ0) is 13.5. The Hall–Kier alpha value is -1.36. The fraction of sp³-hybridized carbons (Fsp3) is 0.308. The second-order valence-corrected chi connectivity index (χ2v) is 4.05. The molecule has 0 spiro atoms. The third-order valence-corrected chi connectivity index (χ3v) is 2.65. The van der Waals surface area contributed by atoms with Crippen molar-refractivity contribution in [2.45, 2.75) is 13.8 Å². The fourth-order valence-corrected chi connectivity index (χ4v) is 1.53. The van der Waals surface area contributed by atoms with Crippen LogP contribution in [-0.4, -0.2) is 17.9 Å². The topological polar surface area (TPSA) is 35.5 Å². The summed E-state index contributed by atoms with van der Waals surface area (Å²) in [6.45, 7) is 3.63.